The van der Waals surface area contributed by atoms with Crippen LogP contribution in [0.1, 0.15) is 42.6 Å². The van der Waals surface area contributed by atoms with E-state index in [2.05, 4.69) is 30.7 Å². The number of anilines is 2. The molecule has 40 heavy (non-hydrogen) atoms. The van der Waals surface area contributed by atoms with Gasteiger partial charge in [0.1, 0.15) is 10.8 Å². The fourth-order valence-corrected chi connectivity index (χ4v) is 5.79. The van der Waals surface area contributed by atoms with Crippen molar-refractivity contribution in [2.75, 3.05) is 18.4 Å². The summed E-state index contributed by atoms with van der Waals surface area (Å²) in [6, 6.07) is 8.65. The molecular weight excluding hydrogens is 527 g/mol. The molecule has 4 aromatic heterocycles. The number of rotatable bonds is 10. The minimum Gasteiger partial charge on any atom is -0.328 e. The Morgan fingerprint density at radius 1 is 1.12 bits per heavy atom. The van der Waals surface area contributed by atoms with Crippen molar-refractivity contribution in [2.24, 2.45) is 0 Å². The Hall–Kier alpha value is -3.96. The van der Waals surface area contributed by atoms with Gasteiger partial charge in [0.15, 0.2) is 17.2 Å². The molecule has 6 rings (SSSR count). The van der Waals surface area contributed by atoms with E-state index in [1.165, 1.54) is 36.9 Å². The molecule has 0 unspecified atom stereocenters. The van der Waals surface area contributed by atoms with Gasteiger partial charge in [-0.05, 0) is 68.5 Å². The van der Waals surface area contributed by atoms with Gasteiger partial charge in [-0.1, -0.05) is 24.6 Å². The van der Waals surface area contributed by atoms with Crippen molar-refractivity contribution in [1.29, 1.82) is 0 Å². The Kier molecular flexibility index (Phi) is 7.65. The lowest BCUT2D eigenvalue weighted by atomic mass is 10.1. The standard InChI is InChI=1S/C29H31FN8OS/c1-20-16-38-26(22-14-32-37(17-22)19-24(39)10-9-21-7-3-4-8-25(21)30)15-31-29(38)28(33-20)34-27-13-23(35-40-27)18-36-11-5-2-6-12-36/h3-4,7-8,13-17H,2,5-6,9-12,18-19H2,1H3,(H,33,34). The predicted molar refractivity (Wildman–Crippen MR) is 153 cm³/mol. The van der Waals surface area contributed by atoms with E-state index in [-0.39, 0.29) is 24.6 Å². The number of ketones is 1. The van der Waals surface area contributed by atoms with Gasteiger partial charge in [0.25, 0.3) is 0 Å². The maximum Gasteiger partial charge on any atom is 0.180 e. The number of carbonyl (C=O) groups is 1. The Balaban J connectivity index is 1.15. The van der Waals surface area contributed by atoms with Crippen molar-refractivity contribution < 1.29 is 9.18 Å². The maximum atomic E-state index is 13.9. The minimum atomic E-state index is -0.281. The SMILES string of the molecule is Cc1cn2c(-c3cnn(CC(=O)CCc4ccccc4F)c3)cnc2c(Nc2cc(CN3CCCCC3)ns2)n1. The fraction of sp³-hybridized carbons (Fsp3) is 0.345. The lowest BCUT2D eigenvalue weighted by Gasteiger charge is -2.25. The summed E-state index contributed by atoms with van der Waals surface area (Å²) < 4.78 is 22.1. The van der Waals surface area contributed by atoms with E-state index in [0.717, 1.165) is 47.3 Å². The van der Waals surface area contributed by atoms with Crippen molar-refractivity contribution in [3.05, 3.63) is 77.9 Å². The van der Waals surface area contributed by atoms with Crippen LogP contribution in [-0.4, -0.2) is 52.3 Å². The van der Waals surface area contributed by atoms with Crippen molar-refractivity contribution in [1.82, 2.24) is 33.4 Å². The fourth-order valence-electron chi connectivity index (χ4n) is 5.13. The second-order valence-corrected chi connectivity index (χ2v) is 11.1. The van der Waals surface area contributed by atoms with Crippen LogP contribution >= 0.6 is 11.5 Å². The lowest BCUT2D eigenvalue weighted by Crippen LogP contribution is -2.29. The Morgan fingerprint density at radius 3 is 2.83 bits per heavy atom. The van der Waals surface area contributed by atoms with E-state index in [1.807, 2.05) is 23.7 Å². The van der Waals surface area contributed by atoms with Crippen LogP contribution in [0, 0.1) is 12.7 Å². The van der Waals surface area contributed by atoms with Gasteiger partial charge >= 0.3 is 0 Å². The van der Waals surface area contributed by atoms with Crippen LogP contribution in [0.3, 0.4) is 0 Å². The van der Waals surface area contributed by atoms with Gasteiger partial charge in [-0.15, -0.1) is 0 Å². The number of hydrogen-bond acceptors (Lipinski definition) is 8. The minimum absolute atomic E-state index is 0.00760. The number of aromatic nitrogens is 6. The smallest absolute Gasteiger partial charge is 0.180 e. The highest BCUT2D eigenvalue weighted by molar-refractivity contribution is 7.10. The monoisotopic (exact) mass is 558 g/mol. The second-order valence-electron chi connectivity index (χ2n) is 10.3. The van der Waals surface area contributed by atoms with Crippen LogP contribution < -0.4 is 5.32 Å². The number of benzene rings is 1. The van der Waals surface area contributed by atoms with Gasteiger partial charge < -0.3 is 5.32 Å². The number of Topliss-reactive ketones (excluding diaryl/α,β-unsaturated/α-hetero) is 1. The normalized spacial score (nSPS) is 14.2. The van der Waals surface area contributed by atoms with Crippen LogP contribution in [0.2, 0.25) is 0 Å². The second kappa shape index (κ2) is 11.6. The molecule has 1 aliphatic heterocycles. The molecule has 1 aliphatic rings. The zero-order valence-electron chi connectivity index (χ0n) is 22.4. The molecule has 1 fully saturated rings. The van der Waals surface area contributed by atoms with Gasteiger partial charge in [-0.2, -0.15) is 9.47 Å². The number of imidazole rings is 1. The molecule has 11 heteroatoms. The molecule has 0 atom stereocenters. The molecule has 1 N–H and O–H groups in total. The summed E-state index contributed by atoms with van der Waals surface area (Å²) >= 11 is 1.43. The van der Waals surface area contributed by atoms with E-state index in [4.69, 9.17) is 4.98 Å². The summed E-state index contributed by atoms with van der Waals surface area (Å²) in [5, 5.41) is 8.75. The van der Waals surface area contributed by atoms with Crippen LogP contribution in [0.15, 0.2) is 55.1 Å². The van der Waals surface area contributed by atoms with Gasteiger partial charge in [-0.3, -0.25) is 18.8 Å². The summed E-state index contributed by atoms with van der Waals surface area (Å²) in [6.45, 7) is 5.22. The van der Waals surface area contributed by atoms with Crippen molar-refractivity contribution in [3.63, 3.8) is 0 Å². The van der Waals surface area contributed by atoms with Gasteiger partial charge in [0, 0.05) is 30.9 Å². The highest BCUT2D eigenvalue weighted by atomic mass is 32.1. The number of aryl methyl sites for hydroxylation is 2. The molecule has 5 heterocycles. The first-order chi connectivity index (χ1) is 19.5. The molecule has 0 saturated carbocycles. The quantitative estimate of drug-likeness (QED) is 0.244. The van der Waals surface area contributed by atoms with Crippen molar-refractivity contribution >= 4 is 33.8 Å². The molecule has 9 nitrogen and oxygen atoms in total. The first-order valence-electron chi connectivity index (χ1n) is 13.6. The highest BCUT2D eigenvalue weighted by Gasteiger charge is 2.17. The van der Waals surface area contributed by atoms with E-state index in [0.29, 0.717) is 23.4 Å². The number of nitrogens with one attached hydrogen (secondary N) is 1. The van der Waals surface area contributed by atoms with Gasteiger partial charge in [-0.25, -0.2) is 14.4 Å². The van der Waals surface area contributed by atoms with Crippen LogP contribution in [-0.2, 0) is 24.3 Å². The van der Waals surface area contributed by atoms with E-state index >= 15 is 0 Å². The molecule has 0 radical (unpaired) electrons. The first-order valence-corrected chi connectivity index (χ1v) is 14.4. The van der Waals surface area contributed by atoms with E-state index in [1.54, 1.807) is 35.3 Å². The average Bonchev–Trinajstić information content (AvgIpc) is 3.69. The number of hydrogen-bond donors (Lipinski definition) is 1. The zero-order chi connectivity index (χ0) is 27.5. The molecule has 1 aromatic carbocycles. The maximum absolute atomic E-state index is 13.9. The number of likely N-dealkylation sites (tertiary alicyclic amines) is 1. The van der Waals surface area contributed by atoms with Crippen LogP contribution in [0.5, 0.6) is 0 Å². The Morgan fingerprint density at radius 2 is 1.98 bits per heavy atom. The predicted octanol–water partition coefficient (Wildman–Crippen LogP) is 5.43. The number of nitrogens with zero attached hydrogens (tertiary/aromatic N) is 7. The molecule has 0 aliphatic carbocycles. The largest absolute Gasteiger partial charge is 0.328 e. The Bertz CT molecular complexity index is 1630. The average molecular weight is 559 g/mol. The topological polar surface area (TPSA) is 93.2 Å². The summed E-state index contributed by atoms with van der Waals surface area (Å²) in [6.07, 6.45) is 11.7. The number of fused-ring (bicyclic) bond motifs is 1. The highest BCUT2D eigenvalue weighted by Crippen LogP contribution is 2.28. The molecule has 206 valence electrons. The summed E-state index contributed by atoms with van der Waals surface area (Å²) in [5.74, 6) is 0.373. The molecule has 0 amide bonds. The summed E-state index contributed by atoms with van der Waals surface area (Å²) in [5.41, 5.74) is 4.84. The number of carbonyl (C=O) groups excluding carboxylic acids is 1. The van der Waals surface area contributed by atoms with Crippen molar-refractivity contribution in [3.8, 4) is 11.3 Å². The number of halogens is 1. The third-order valence-corrected chi connectivity index (χ3v) is 7.89. The lowest BCUT2D eigenvalue weighted by molar-refractivity contribution is -0.119. The number of piperidine rings is 1. The van der Waals surface area contributed by atoms with Gasteiger partial charge in [0.05, 0.1) is 36.0 Å². The molecule has 5 aromatic rings. The molecule has 0 spiro atoms. The molecule has 0 bridgehead atoms. The van der Waals surface area contributed by atoms with E-state index < -0.39 is 0 Å². The van der Waals surface area contributed by atoms with Crippen LogP contribution in [0.25, 0.3) is 16.9 Å². The van der Waals surface area contributed by atoms with E-state index in [9.17, 15) is 9.18 Å². The van der Waals surface area contributed by atoms with Crippen molar-refractivity contribution in [2.45, 2.75) is 52.1 Å². The Labute approximate surface area is 235 Å². The van der Waals surface area contributed by atoms with Gasteiger partial charge in [0.2, 0.25) is 0 Å². The zero-order valence-corrected chi connectivity index (χ0v) is 23.2. The third kappa shape index (κ3) is 5.95. The molecule has 1 saturated heterocycles. The first kappa shape index (κ1) is 26.3. The van der Waals surface area contributed by atoms with Crippen LogP contribution in [0.4, 0.5) is 15.2 Å². The summed E-state index contributed by atoms with van der Waals surface area (Å²) in [4.78, 5) is 24.4. The summed E-state index contributed by atoms with van der Waals surface area (Å²) in [7, 11) is 0. The third-order valence-electron chi connectivity index (χ3n) is 7.15. The molecular formula is C29H31FN8OS.